The van der Waals surface area contributed by atoms with Crippen LogP contribution in [0.15, 0.2) is 48.1 Å². The number of halogens is 1. The third kappa shape index (κ3) is 4.27. The molecule has 0 saturated carbocycles. The van der Waals surface area contributed by atoms with Crippen molar-refractivity contribution in [3.05, 3.63) is 59.4 Å². The molecule has 1 aliphatic rings. The molecule has 21 heavy (non-hydrogen) atoms. The Kier molecular flexibility index (Phi) is 4.87. The summed E-state index contributed by atoms with van der Waals surface area (Å²) in [7, 11) is 0. The lowest BCUT2D eigenvalue weighted by Crippen LogP contribution is -2.45. The van der Waals surface area contributed by atoms with Crippen LogP contribution < -0.4 is 10.6 Å². The minimum Gasteiger partial charge on any atom is -0.350 e. The number of hydrogen-bond acceptors (Lipinski definition) is 2. The molecule has 5 heteroatoms. The molecule has 0 aliphatic heterocycles. The second-order valence-corrected chi connectivity index (χ2v) is 4.84. The normalized spacial score (nSPS) is 14.5. The largest absolute Gasteiger partial charge is 0.350 e. The van der Waals surface area contributed by atoms with E-state index in [0.29, 0.717) is 6.54 Å². The number of allylic oxidation sites excluding steroid dienone is 2. The van der Waals surface area contributed by atoms with Gasteiger partial charge < -0.3 is 10.6 Å². The van der Waals surface area contributed by atoms with Crippen LogP contribution in [-0.4, -0.2) is 24.4 Å². The Morgan fingerprint density at radius 3 is 2.86 bits per heavy atom. The van der Waals surface area contributed by atoms with Crippen LogP contribution in [0.3, 0.4) is 0 Å². The summed E-state index contributed by atoms with van der Waals surface area (Å²) in [6.07, 6.45) is 6.88. The van der Waals surface area contributed by atoms with Gasteiger partial charge >= 0.3 is 0 Å². The second kappa shape index (κ2) is 6.83. The SMILES string of the molecule is CC(NC(=O)c1cccc(F)c1)C(=O)NCC1=CCC=C1. The van der Waals surface area contributed by atoms with Crippen LogP contribution in [0.2, 0.25) is 0 Å². The smallest absolute Gasteiger partial charge is 0.252 e. The van der Waals surface area contributed by atoms with Crippen LogP contribution >= 0.6 is 0 Å². The Morgan fingerprint density at radius 1 is 1.38 bits per heavy atom. The second-order valence-electron chi connectivity index (χ2n) is 4.84. The Morgan fingerprint density at radius 2 is 2.19 bits per heavy atom. The Labute approximate surface area is 122 Å². The summed E-state index contributed by atoms with van der Waals surface area (Å²) in [6.45, 7) is 2.03. The van der Waals surface area contributed by atoms with Crippen molar-refractivity contribution >= 4 is 11.8 Å². The zero-order chi connectivity index (χ0) is 15.2. The van der Waals surface area contributed by atoms with Crippen LogP contribution in [0, 0.1) is 5.82 Å². The van der Waals surface area contributed by atoms with Crippen molar-refractivity contribution in [2.45, 2.75) is 19.4 Å². The molecule has 0 spiro atoms. The van der Waals surface area contributed by atoms with Crippen molar-refractivity contribution in [3.8, 4) is 0 Å². The van der Waals surface area contributed by atoms with Crippen LogP contribution in [0.5, 0.6) is 0 Å². The first kappa shape index (κ1) is 15.0. The van der Waals surface area contributed by atoms with E-state index in [2.05, 4.69) is 10.6 Å². The molecule has 2 amide bonds. The van der Waals surface area contributed by atoms with E-state index >= 15 is 0 Å². The zero-order valence-electron chi connectivity index (χ0n) is 11.7. The molecule has 1 unspecified atom stereocenters. The number of rotatable bonds is 5. The third-order valence-corrected chi connectivity index (χ3v) is 3.14. The summed E-state index contributed by atoms with van der Waals surface area (Å²) in [6, 6.07) is 4.65. The van der Waals surface area contributed by atoms with Gasteiger partial charge in [-0.15, -0.1) is 0 Å². The zero-order valence-corrected chi connectivity index (χ0v) is 11.7. The summed E-state index contributed by atoms with van der Waals surface area (Å²) in [5.41, 5.74) is 1.24. The summed E-state index contributed by atoms with van der Waals surface area (Å²) in [4.78, 5) is 23.8. The lowest BCUT2D eigenvalue weighted by atomic mass is 10.2. The van der Waals surface area contributed by atoms with Crippen LogP contribution in [0.1, 0.15) is 23.7 Å². The maximum Gasteiger partial charge on any atom is 0.252 e. The van der Waals surface area contributed by atoms with Gasteiger partial charge in [0.05, 0.1) is 0 Å². The number of hydrogen-bond donors (Lipinski definition) is 2. The van der Waals surface area contributed by atoms with E-state index in [4.69, 9.17) is 0 Å². The highest BCUT2D eigenvalue weighted by atomic mass is 19.1. The maximum atomic E-state index is 13.0. The van der Waals surface area contributed by atoms with E-state index in [9.17, 15) is 14.0 Å². The predicted molar refractivity (Wildman–Crippen MR) is 78.2 cm³/mol. The van der Waals surface area contributed by atoms with Crippen molar-refractivity contribution in [2.24, 2.45) is 0 Å². The molecule has 1 aliphatic carbocycles. The topological polar surface area (TPSA) is 58.2 Å². The van der Waals surface area contributed by atoms with Gasteiger partial charge in [-0.05, 0) is 37.1 Å². The summed E-state index contributed by atoms with van der Waals surface area (Å²) in [5.74, 6) is -1.24. The van der Waals surface area contributed by atoms with E-state index < -0.39 is 17.8 Å². The van der Waals surface area contributed by atoms with Gasteiger partial charge in [0, 0.05) is 12.1 Å². The Bertz CT molecular complexity index is 608. The molecule has 1 aromatic carbocycles. The first-order valence-electron chi connectivity index (χ1n) is 6.76. The molecule has 2 rings (SSSR count). The van der Waals surface area contributed by atoms with Crippen molar-refractivity contribution in [1.82, 2.24) is 10.6 Å². The van der Waals surface area contributed by atoms with Gasteiger partial charge in [0.25, 0.3) is 5.91 Å². The van der Waals surface area contributed by atoms with Crippen LogP contribution in [0.25, 0.3) is 0 Å². The molecule has 0 radical (unpaired) electrons. The van der Waals surface area contributed by atoms with Crippen LogP contribution in [0.4, 0.5) is 4.39 Å². The Hall–Kier alpha value is -2.43. The summed E-state index contributed by atoms with van der Waals surface area (Å²) in [5, 5.41) is 5.29. The third-order valence-electron chi connectivity index (χ3n) is 3.14. The Balaban J connectivity index is 1.85. The van der Waals surface area contributed by atoms with Crippen molar-refractivity contribution in [3.63, 3.8) is 0 Å². The molecule has 0 saturated heterocycles. The molecule has 0 heterocycles. The average Bonchev–Trinajstić information content (AvgIpc) is 2.97. The lowest BCUT2D eigenvalue weighted by molar-refractivity contribution is -0.122. The van der Waals surface area contributed by atoms with Crippen molar-refractivity contribution in [1.29, 1.82) is 0 Å². The van der Waals surface area contributed by atoms with Gasteiger partial charge in [0.15, 0.2) is 0 Å². The van der Waals surface area contributed by atoms with Gasteiger partial charge in [-0.25, -0.2) is 4.39 Å². The van der Waals surface area contributed by atoms with Gasteiger partial charge in [0.2, 0.25) is 5.91 Å². The van der Waals surface area contributed by atoms with E-state index in [0.717, 1.165) is 18.1 Å². The highest BCUT2D eigenvalue weighted by Gasteiger charge is 2.16. The quantitative estimate of drug-likeness (QED) is 0.870. The monoisotopic (exact) mass is 288 g/mol. The molecule has 0 bridgehead atoms. The van der Waals surface area contributed by atoms with Crippen molar-refractivity contribution in [2.75, 3.05) is 6.54 Å². The fraction of sp³-hybridized carbons (Fsp3) is 0.250. The number of nitrogens with one attached hydrogen (secondary N) is 2. The number of benzene rings is 1. The molecule has 2 N–H and O–H groups in total. The van der Waals surface area contributed by atoms with E-state index in [1.165, 1.54) is 18.2 Å². The number of carbonyl (C=O) groups is 2. The molecule has 0 fully saturated rings. The standard InChI is InChI=1S/C16H17FN2O2/c1-11(15(20)18-10-12-5-2-3-6-12)19-16(21)13-7-4-8-14(17)9-13/h2,4-9,11H,3,10H2,1H3,(H,18,20)(H,19,21). The van der Waals surface area contributed by atoms with Gasteiger partial charge in [0.1, 0.15) is 11.9 Å². The summed E-state index contributed by atoms with van der Waals surface area (Å²) < 4.78 is 13.0. The average molecular weight is 288 g/mol. The molecule has 4 nitrogen and oxygen atoms in total. The molecular formula is C16H17FN2O2. The molecule has 0 aromatic heterocycles. The van der Waals surface area contributed by atoms with E-state index in [1.54, 1.807) is 6.92 Å². The van der Waals surface area contributed by atoms with Crippen molar-refractivity contribution < 1.29 is 14.0 Å². The molecule has 1 atom stereocenters. The van der Waals surface area contributed by atoms with Crippen LogP contribution in [-0.2, 0) is 4.79 Å². The highest BCUT2D eigenvalue weighted by molar-refractivity contribution is 5.97. The number of carbonyl (C=O) groups excluding carboxylic acids is 2. The molecule has 1 aromatic rings. The first-order chi connectivity index (χ1) is 10.1. The van der Waals surface area contributed by atoms with E-state index in [1.807, 2.05) is 18.2 Å². The van der Waals surface area contributed by atoms with Gasteiger partial charge in [-0.1, -0.05) is 24.3 Å². The van der Waals surface area contributed by atoms with Gasteiger partial charge in [-0.3, -0.25) is 9.59 Å². The predicted octanol–water partition coefficient (Wildman–Crippen LogP) is 1.95. The lowest BCUT2D eigenvalue weighted by Gasteiger charge is -2.14. The minimum atomic E-state index is -0.688. The minimum absolute atomic E-state index is 0.191. The fourth-order valence-corrected chi connectivity index (χ4v) is 1.96. The molecule has 110 valence electrons. The maximum absolute atomic E-state index is 13.0. The van der Waals surface area contributed by atoms with Gasteiger partial charge in [-0.2, -0.15) is 0 Å². The highest BCUT2D eigenvalue weighted by Crippen LogP contribution is 2.07. The fourth-order valence-electron chi connectivity index (χ4n) is 1.96. The summed E-state index contributed by atoms with van der Waals surface area (Å²) >= 11 is 0. The molecular weight excluding hydrogens is 271 g/mol. The first-order valence-corrected chi connectivity index (χ1v) is 6.76. The van der Waals surface area contributed by atoms with E-state index in [-0.39, 0.29) is 11.5 Å². The number of amides is 2.